The number of hydrogen-bond donors (Lipinski definition) is 1. The number of aromatic nitrogens is 1. The number of carbonyl (C=O) groups is 2. The molecule has 1 amide bonds. The van der Waals surface area contributed by atoms with Gasteiger partial charge in [0.15, 0.2) is 6.61 Å². The van der Waals surface area contributed by atoms with E-state index in [1.807, 2.05) is 48.5 Å². The molecule has 2 heterocycles. The van der Waals surface area contributed by atoms with Gasteiger partial charge in [-0.25, -0.2) is 9.78 Å². The minimum atomic E-state index is -0.574. The van der Waals surface area contributed by atoms with Crippen molar-refractivity contribution in [1.29, 1.82) is 5.26 Å². The number of anilines is 1. The third-order valence-corrected chi connectivity index (χ3v) is 5.62. The predicted molar refractivity (Wildman–Crippen MR) is 127 cm³/mol. The second-order valence-corrected chi connectivity index (χ2v) is 7.83. The first kappa shape index (κ1) is 21.2. The van der Waals surface area contributed by atoms with Gasteiger partial charge in [-0.05, 0) is 66.5 Å². The fraction of sp³-hybridized carbons (Fsp3) is 0.111. The van der Waals surface area contributed by atoms with Crippen LogP contribution in [0.25, 0.3) is 22.6 Å². The molecule has 0 radical (unpaired) electrons. The summed E-state index contributed by atoms with van der Waals surface area (Å²) in [7, 11) is 0. The Hall–Kier alpha value is -4.70. The molecule has 166 valence electrons. The fourth-order valence-corrected chi connectivity index (χ4v) is 4.12. The smallest absolute Gasteiger partial charge is 0.339 e. The van der Waals surface area contributed by atoms with E-state index in [1.54, 1.807) is 30.5 Å². The van der Waals surface area contributed by atoms with Crippen LogP contribution in [0.15, 0.2) is 71.3 Å². The van der Waals surface area contributed by atoms with E-state index in [0.29, 0.717) is 34.1 Å². The standard InChI is InChI=1S/C27H19N3O4/c28-15-17-5-3-6-19(13-17)29-24(31)16-34-27(32)25-21-8-1-2-9-23(21)30-26-18(10-11-22(25)26)14-20-7-4-12-33-20/h1-9,12-14H,10-11,16H2,(H,29,31)/b18-14+. The number of nitriles is 1. The van der Waals surface area contributed by atoms with Gasteiger partial charge in [-0.3, -0.25) is 4.79 Å². The van der Waals surface area contributed by atoms with Crippen LogP contribution < -0.4 is 5.32 Å². The van der Waals surface area contributed by atoms with E-state index >= 15 is 0 Å². The van der Waals surface area contributed by atoms with Crippen molar-refractivity contribution in [2.45, 2.75) is 12.8 Å². The van der Waals surface area contributed by atoms with Crippen LogP contribution >= 0.6 is 0 Å². The Morgan fingerprint density at radius 2 is 2.00 bits per heavy atom. The largest absolute Gasteiger partial charge is 0.465 e. The zero-order valence-corrected chi connectivity index (χ0v) is 18.1. The number of para-hydroxylation sites is 1. The minimum absolute atomic E-state index is 0.423. The van der Waals surface area contributed by atoms with Gasteiger partial charge in [0.05, 0.1) is 34.7 Å². The van der Waals surface area contributed by atoms with E-state index in [1.165, 1.54) is 0 Å². The lowest BCUT2D eigenvalue weighted by Gasteiger charge is -2.12. The third-order valence-electron chi connectivity index (χ3n) is 5.62. The molecule has 0 atom stereocenters. The molecule has 2 aromatic carbocycles. The van der Waals surface area contributed by atoms with Gasteiger partial charge >= 0.3 is 5.97 Å². The number of carbonyl (C=O) groups excluding carboxylic acids is 2. The Balaban J connectivity index is 1.41. The lowest BCUT2D eigenvalue weighted by molar-refractivity contribution is -0.119. The van der Waals surface area contributed by atoms with E-state index in [2.05, 4.69) is 5.32 Å². The van der Waals surface area contributed by atoms with Gasteiger partial charge < -0.3 is 14.5 Å². The molecule has 4 aromatic rings. The topological polar surface area (TPSA) is 105 Å². The van der Waals surface area contributed by atoms with Crippen molar-refractivity contribution in [2.75, 3.05) is 11.9 Å². The van der Waals surface area contributed by atoms with Gasteiger partial charge in [0.25, 0.3) is 5.91 Å². The van der Waals surface area contributed by atoms with Crippen molar-refractivity contribution >= 4 is 40.1 Å². The molecule has 1 aliphatic carbocycles. The molecule has 0 spiro atoms. The highest BCUT2D eigenvalue weighted by Gasteiger charge is 2.28. The van der Waals surface area contributed by atoms with Crippen LogP contribution in [-0.4, -0.2) is 23.5 Å². The molecule has 2 aromatic heterocycles. The van der Waals surface area contributed by atoms with Crippen LogP contribution in [0.5, 0.6) is 0 Å². The van der Waals surface area contributed by atoms with Crippen LogP contribution in [0.2, 0.25) is 0 Å². The van der Waals surface area contributed by atoms with E-state index < -0.39 is 18.5 Å². The van der Waals surface area contributed by atoms with Crippen LogP contribution in [0.3, 0.4) is 0 Å². The lowest BCUT2D eigenvalue weighted by Crippen LogP contribution is -2.21. The molecular formula is C27H19N3O4. The molecule has 7 heteroatoms. The highest BCUT2D eigenvalue weighted by Crippen LogP contribution is 2.37. The number of benzene rings is 2. The van der Waals surface area contributed by atoms with E-state index in [9.17, 15) is 9.59 Å². The summed E-state index contributed by atoms with van der Waals surface area (Å²) in [5.74, 6) is -0.342. The van der Waals surface area contributed by atoms with Gasteiger partial charge in [0.2, 0.25) is 0 Å². The van der Waals surface area contributed by atoms with Gasteiger partial charge in [0.1, 0.15) is 5.76 Å². The zero-order valence-electron chi connectivity index (χ0n) is 18.1. The van der Waals surface area contributed by atoms with Gasteiger partial charge in [-0.2, -0.15) is 5.26 Å². The Kier molecular flexibility index (Phi) is 5.63. The monoisotopic (exact) mass is 449 g/mol. The minimum Gasteiger partial charge on any atom is -0.465 e. The molecule has 0 saturated heterocycles. The van der Waals surface area contributed by atoms with Crippen LogP contribution in [0, 0.1) is 11.3 Å². The number of esters is 1. The van der Waals surface area contributed by atoms with Crippen molar-refractivity contribution in [1.82, 2.24) is 4.98 Å². The maximum atomic E-state index is 13.2. The Labute approximate surface area is 195 Å². The van der Waals surface area contributed by atoms with Crippen molar-refractivity contribution in [3.8, 4) is 6.07 Å². The van der Waals surface area contributed by atoms with E-state index in [-0.39, 0.29) is 0 Å². The van der Waals surface area contributed by atoms with E-state index in [4.69, 9.17) is 19.4 Å². The normalized spacial score (nSPS) is 13.4. The number of pyridine rings is 1. The average Bonchev–Trinajstić information content (AvgIpc) is 3.51. The third kappa shape index (κ3) is 4.17. The molecule has 34 heavy (non-hydrogen) atoms. The molecule has 5 rings (SSSR count). The molecule has 1 aliphatic rings. The quantitative estimate of drug-likeness (QED) is 0.431. The summed E-state index contributed by atoms with van der Waals surface area (Å²) in [4.78, 5) is 30.4. The van der Waals surface area contributed by atoms with Crippen molar-refractivity contribution < 1.29 is 18.7 Å². The summed E-state index contributed by atoms with van der Waals surface area (Å²) in [5, 5.41) is 12.3. The zero-order chi connectivity index (χ0) is 23.5. The first-order valence-corrected chi connectivity index (χ1v) is 10.8. The molecular weight excluding hydrogens is 430 g/mol. The number of furan rings is 1. The summed E-state index contributed by atoms with van der Waals surface area (Å²) in [6, 6.07) is 19.6. The van der Waals surface area contributed by atoms with Crippen LogP contribution in [-0.2, 0) is 16.0 Å². The number of amides is 1. The van der Waals surface area contributed by atoms with Crippen LogP contribution in [0.4, 0.5) is 5.69 Å². The summed E-state index contributed by atoms with van der Waals surface area (Å²) in [6.07, 6.45) is 4.90. The summed E-state index contributed by atoms with van der Waals surface area (Å²) >= 11 is 0. The number of allylic oxidation sites excluding steroid dienone is 1. The number of nitrogens with one attached hydrogen (secondary N) is 1. The fourth-order valence-electron chi connectivity index (χ4n) is 4.12. The predicted octanol–water partition coefficient (Wildman–Crippen LogP) is 4.98. The molecule has 0 bridgehead atoms. The molecule has 7 nitrogen and oxygen atoms in total. The maximum absolute atomic E-state index is 13.2. The highest BCUT2D eigenvalue weighted by molar-refractivity contribution is 6.08. The second kappa shape index (κ2) is 9.04. The van der Waals surface area contributed by atoms with Crippen molar-refractivity contribution in [3.63, 3.8) is 0 Å². The average molecular weight is 449 g/mol. The molecule has 0 fully saturated rings. The number of fused-ring (bicyclic) bond motifs is 2. The highest BCUT2D eigenvalue weighted by atomic mass is 16.5. The number of rotatable bonds is 5. The molecule has 0 unspecified atom stereocenters. The lowest BCUT2D eigenvalue weighted by atomic mass is 10.0. The number of hydrogen-bond acceptors (Lipinski definition) is 6. The SMILES string of the molecule is N#Cc1cccc(NC(=O)COC(=O)c2c3c(nc4ccccc24)/C(=C/c2ccco2)CC3)c1. The van der Waals surface area contributed by atoms with Gasteiger partial charge in [-0.15, -0.1) is 0 Å². The Morgan fingerprint density at radius 1 is 1.12 bits per heavy atom. The molecule has 1 N–H and O–H groups in total. The number of ether oxygens (including phenoxy) is 1. The van der Waals surface area contributed by atoms with Crippen LogP contribution in [0.1, 0.15) is 39.4 Å². The summed E-state index contributed by atoms with van der Waals surface area (Å²) < 4.78 is 10.9. The van der Waals surface area contributed by atoms with Gasteiger partial charge in [0, 0.05) is 11.1 Å². The summed E-state index contributed by atoms with van der Waals surface area (Å²) in [5.41, 5.74) is 4.54. The molecule has 0 saturated carbocycles. The molecule has 0 aliphatic heterocycles. The number of nitrogens with zero attached hydrogens (tertiary/aromatic N) is 2. The Morgan fingerprint density at radius 3 is 2.82 bits per heavy atom. The maximum Gasteiger partial charge on any atom is 0.339 e. The second-order valence-electron chi connectivity index (χ2n) is 7.83. The van der Waals surface area contributed by atoms with Crippen molar-refractivity contribution in [3.05, 3.63) is 95.1 Å². The van der Waals surface area contributed by atoms with Gasteiger partial charge in [-0.1, -0.05) is 24.3 Å². The van der Waals surface area contributed by atoms with E-state index in [0.717, 1.165) is 29.0 Å². The van der Waals surface area contributed by atoms with Crippen molar-refractivity contribution in [2.24, 2.45) is 0 Å². The Bertz CT molecular complexity index is 1480. The summed E-state index contributed by atoms with van der Waals surface area (Å²) in [6.45, 7) is -0.448. The first-order valence-electron chi connectivity index (χ1n) is 10.8. The first-order chi connectivity index (χ1) is 16.6.